The van der Waals surface area contributed by atoms with Crippen LogP contribution >= 0.6 is 10.7 Å². The molecule has 1 unspecified atom stereocenters. The Morgan fingerprint density at radius 1 is 1.57 bits per heavy atom. The zero-order valence-corrected chi connectivity index (χ0v) is 12.6. The highest BCUT2D eigenvalue weighted by molar-refractivity contribution is 8.13. The molecule has 10 heteroatoms. The Kier molecular flexibility index (Phi) is 4.15. The summed E-state index contributed by atoms with van der Waals surface area (Å²) in [4.78, 5) is 27.6. The average Bonchev–Trinajstić information content (AvgIpc) is 2.66. The lowest BCUT2D eigenvalue weighted by molar-refractivity contribution is -0.384. The maximum Gasteiger partial charge on any atom is 0.314 e. The van der Waals surface area contributed by atoms with Gasteiger partial charge in [-0.2, -0.15) is 0 Å². The highest BCUT2D eigenvalue weighted by atomic mass is 35.7. The SMILES string of the molecule is Cc1ccnc(N2CC(CS(=O)(=O)Cl)CC2=O)c1[N+](=O)[O-]. The van der Waals surface area contributed by atoms with E-state index >= 15 is 0 Å². The summed E-state index contributed by atoms with van der Waals surface area (Å²) >= 11 is 0. The van der Waals surface area contributed by atoms with Crippen LogP contribution < -0.4 is 4.90 Å². The van der Waals surface area contributed by atoms with Crippen LogP contribution in [0.15, 0.2) is 12.3 Å². The van der Waals surface area contributed by atoms with Gasteiger partial charge < -0.3 is 0 Å². The van der Waals surface area contributed by atoms with Gasteiger partial charge in [0.2, 0.25) is 20.8 Å². The van der Waals surface area contributed by atoms with Crippen molar-refractivity contribution in [3.8, 4) is 0 Å². The highest BCUT2D eigenvalue weighted by Gasteiger charge is 2.37. The molecule has 0 saturated carbocycles. The lowest BCUT2D eigenvalue weighted by atomic mass is 10.1. The van der Waals surface area contributed by atoms with Crippen molar-refractivity contribution in [2.45, 2.75) is 13.3 Å². The van der Waals surface area contributed by atoms with Crippen LogP contribution in [0, 0.1) is 23.0 Å². The second-order valence-corrected chi connectivity index (χ2v) is 7.66. The molecule has 0 radical (unpaired) electrons. The van der Waals surface area contributed by atoms with Gasteiger partial charge in [0.05, 0.1) is 10.7 Å². The van der Waals surface area contributed by atoms with Crippen LogP contribution in [0.5, 0.6) is 0 Å². The average molecular weight is 334 g/mol. The molecule has 1 atom stereocenters. The van der Waals surface area contributed by atoms with Crippen LogP contribution in [0.25, 0.3) is 0 Å². The first kappa shape index (κ1) is 15.6. The minimum atomic E-state index is -3.73. The van der Waals surface area contributed by atoms with Gasteiger partial charge in [-0.1, -0.05) is 0 Å². The maximum absolute atomic E-state index is 12.0. The molecular formula is C11H12ClN3O5S. The number of nitro groups is 1. The standard InChI is InChI=1S/C11H12ClN3O5S/c1-7-2-3-13-11(10(7)15(17)18)14-5-8(4-9(14)16)6-21(12,19)20/h2-3,8H,4-6H2,1H3. The van der Waals surface area contributed by atoms with Crippen molar-refractivity contribution in [3.05, 3.63) is 27.9 Å². The summed E-state index contributed by atoms with van der Waals surface area (Å²) in [5.74, 6) is -1.31. The van der Waals surface area contributed by atoms with Crippen molar-refractivity contribution < 1.29 is 18.1 Å². The number of carbonyl (C=O) groups excluding carboxylic acids is 1. The van der Waals surface area contributed by atoms with E-state index in [1.54, 1.807) is 6.92 Å². The summed E-state index contributed by atoms with van der Waals surface area (Å²) in [6, 6.07) is 1.48. The Bertz CT molecular complexity index is 706. The Morgan fingerprint density at radius 3 is 2.81 bits per heavy atom. The molecule has 1 saturated heterocycles. The number of anilines is 1. The number of nitrogens with zero attached hydrogens (tertiary/aromatic N) is 3. The van der Waals surface area contributed by atoms with Crippen LogP contribution in [-0.4, -0.2) is 36.5 Å². The van der Waals surface area contributed by atoms with Gasteiger partial charge in [-0.05, 0) is 13.0 Å². The van der Waals surface area contributed by atoms with Gasteiger partial charge in [0.25, 0.3) is 0 Å². The molecule has 1 aliphatic heterocycles. The van der Waals surface area contributed by atoms with E-state index in [-0.39, 0.29) is 30.2 Å². The Balaban J connectivity index is 2.34. The molecule has 0 aliphatic carbocycles. The smallest absolute Gasteiger partial charge is 0.291 e. The quantitative estimate of drug-likeness (QED) is 0.465. The molecule has 8 nitrogen and oxygen atoms in total. The van der Waals surface area contributed by atoms with Crippen LogP contribution in [0.2, 0.25) is 0 Å². The fraction of sp³-hybridized carbons (Fsp3) is 0.455. The number of halogens is 1. The van der Waals surface area contributed by atoms with Crippen LogP contribution in [0.3, 0.4) is 0 Å². The second-order valence-electron chi connectivity index (χ2n) is 4.84. The third kappa shape index (κ3) is 3.48. The third-order valence-corrected chi connectivity index (χ3v) is 4.43. The monoisotopic (exact) mass is 333 g/mol. The molecule has 1 fully saturated rings. The fourth-order valence-corrected chi connectivity index (χ4v) is 3.66. The largest absolute Gasteiger partial charge is 0.314 e. The van der Waals surface area contributed by atoms with E-state index in [4.69, 9.17) is 10.7 Å². The molecule has 1 aromatic heterocycles. The lowest BCUT2D eigenvalue weighted by Gasteiger charge is -2.15. The molecule has 2 rings (SSSR count). The maximum atomic E-state index is 12.0. The van der Waals surface area contributed by atoms with Crippen molar-refractivity contribution in [1.82, 2.24) is 4.98 Å². The molecule has 0 spiro atoms. The summed E-state index contributed by atoms with van der Waals surface area (Å²) in [5, 5.41) is 11.1. The van der Waals surface area contributed by atoms with Crippen molar-refractivity contribution in [2.24, 2.45) is 5.92 Å². The number of carbonyl (C=O) groups is 1. The van der Waals surface area contributed by atoms with Crippen LogP contribution in [-0.2, 0) is 13.8 Å². The van der Waals surface area contributed by atoms with Gasteiger partial charge in [0, 0.05) is 41.3 Å². The molecule has 1 aromatic rings. The topological polar surface area (TPSA) is 110 Å². The summed E-state index contributed by atoms with van der Waals surface area (Å²) < 4.78 is 22.2. The molecule has 2 heterocycles. The van der Waals surface area contributed by atoms with E-state index in [1.165, 1.54) is 12.3 Å². The zero-order valence-electron chi connectivity index (χ0n) is 11.0. The fourth-order valence-electron chi connectivity index (χ4n) is 2.34. The van der Waals surface area contributed by atoms with E-state index in [9.17, 15) is 23.3 Å². The minimum absolute atomic E-state index is 0.0290. The van der Waals surface area contributed by atoms with Crippen molar-refractivity contribution in [2.75, 3.05) is 17.2 Å². The van der Waals surface area contributed by atoms with E-state index in [0.29, 0.717) is 5.56 Å². The summed E-state index contributed by atoms with van der Waals surface area (Å²) in [5.41, 5.74) is 0.131. The first-order valence-corrected chi connectivity index (χ1v) is 8.49. The lowest BCUT2D eigenvalue weighted by Crippen LogP contribution is -2.27. The van der Waals surface area contributed by atoms with E-state index in [1.807, 2.05) is 0 Å². The normalized spacial score (nSPS) is 19.0. The molecule has 0 aromatic carbocycles. The van der Waals surface area contributed by atoms with Crippen LogP contribution in [0.4, 0.5) is 11.5 Å². The molecule has 1 aliphatic rings. The third-order valence-electron chi connectivity index (χ3n) is 3.18. The van der Waals surface area contributed by atoms with Gasteiger partial charge in [-0.25, -0.2) is 13.4 Å². The highest BCUT2D eigenvalue weighted by Crippen LogP contribution is 2.33. The van der Waals surface area contributed by atoms with Crippen molar-refractivity contribution in [1.29, 1.82) is 0 Å². The van der Waals surface area contributed by atoms with Gasteiger partial charge in [0.15, 0.2) is 0 Å². The number of rotatable bonds is 4. The van der Waals surface area contributed by atoms with Gasteiger partial charge >= 0.3 is 5.69 Å². The molecule has 114 valence electrons. The van der Waals surface area contributed by atoms with Crippen molar-refractivity contribution >= 4 is 37.1 Å². The Hall–Kier alpha value is -1.74. The Labute approximate surface area is 125 Å². The van der Waals surface area contributed by atoms with E-state index < -0.39 is 25.8 Å². The number of pyridine rings is 1. The van der Waals surface area contributed by atoms with E-state index in [2.05, 4.69) is 4.98 Å². The molecule has 0 N–H and O–H groups in total. The summed E-state index contributed by atoms with van der Waals surface area (Å²) in [6.07, 6.45) is 1.34. The number of aromatic nitrogens is 1. The number of aryl methyl sites for hydroxylation is 1. The second kappa shape index (κ2) is 5.57. The Morgan fingerprint density at radius 2 is 2.24 bits per heavy atom. The van der Waals surface area contributed by atoms with Gasteiger partial charge in [0.1, 0.15) is 0 Å². The molecular weight excluding hydrogens is 322 g/mol. The predicted octanol–water partition coefficient (Wildman–Crippen LogP) is 1.22. The molecule has 1 amide bonds. The first-order valence-electron chi connectivity index (χ1n) is 6.01. The number of hydrogen-bond donors (Lipinski definition) is 0. The number of hydrogen-bond acceptors (Lipinski definition) is 6. The van der Waals surface area contributed by atoms with Crippen LogP contribution in [0.1, 0.15) is 12.0 Å². The minimum Gasteiger partial charge on any atom is -0.291 e. The molecule has 21 heavy (non-hydrogen) atoms. The van der Waals surface area contributed by atoms with Gasteiger partial charge in [-0.15, -0.1) is 0 Å². The molecule has 0 bridgehead atoms. The summed E-state index contributed by atoms with van der Waals surface area (Å²) in [7, 11) is 1.45. The number of amides is 1. The van der Waals surface area contributed by atoms with Gasteiger partial charge in [-0.3, -0.25) is 19.8 Å². The summed E-state index contributed by atoms with van der Waals surface area (Å²) in [6.45, 7) is 1.59. The zero-order chi connectivity index (χ0) is 15.8. The first-order chi connectivity index (χ1) is 9.69. The van der Waals surface area contributed by atoms with Crippen molar-refractivity contribution in [3.63, 3.8) is 0 Å². The predicted molar refractivity (Wildman–Crippen MR) is 75.7 cm³/mol. The van der Waals surface area contributed by atoms with E-state index in [0.717, 1.165) is 4.90 Å².